The average Bonchev–Trinajstić information content (AvgIpc) is 3.35. The fourth-order valence-electron chi connectivity index (χ4n) is 3.22. The van der Waals surface area contributed by atoms with Gasteiger partial charge in [-0.1, -0.05) is 42.5 Å². The van der Waals surface area contributed by atoms with Crippen LogP contribution in [0.25, 0.3) is 5.65 Å². The molecule has 3 aromatic heterocycles. The molecule has 136 valence electrons. The number of thiophene rings is 1. The zero-order valence-electron chi connectivity index (χ0n) is 15.2. The van der Waals surface area contributed by atoms with E-state index in [1.807, 2.05) is 58.1 Å². The lowest BCUT2D eigenvalue weighted by molar-refractivity contribution is 0.0670. The minimum Gasteiger partial charge on any atom is -0.330 e. The van der Waals surface area contributed by atoms with Crippen molar-refractivity contribution < 1.29 is 4.79 Å². The number of pyridine rings is 1. The van der Waals surface area contributed by atoms with Crippen LogP contribution in [0.2, 0.25) is 0 Å². The molecule has 0 saturated heterocycles. The number of aromatic nitrogens is 2. The largest absolute Gasteiger partial charge is 0.330 e. The Morgan fingerprint density at radius 2 is 1.93 bits per heavy atom. The molecule has 0 fully saturated rings. The Labute approximate surface area is 162 Å². The Morgan fingerprint density at radius 3 is 2.67 bits per heavy atom. The third kappa shape index (κ3) is 3.93. The number of imidazole rings is 1. The van der Waals surface area contributed by atoms with Crippen molar-refractivity contribution in [2.24, 2.45) is 0 Å². The summed E-state index contributed by atoms with van der Waals surface area (Å²) >= 11 is 1.73. The van der Waals surface area contributed by atoms with Crippen LogP contribution in [0, 0.1) is 0 Å². The van der Waals surface area contributed by atoms with E-state index >= 15 is 0 Å². The summed E-state index contributed by atoms with van der Waals surface area (Å²) in [7, 11) is 0. The van der Waals surface area contributed by atoms with Gasteiger partial charge in [-0.15, -0.1) is 11.3 Å². The summed E-state index contributed by atoms with van der Waals surface area (Å²) < 4.78 is 1.89. The van der Waals surface area contributed by atoms with Gasteiger partial charge >= 0.3 is 0 Å². The Bertz CT molecular complexity index is 991. The standard InChI is InChI=1S/C22H21N3OS/c1-17(14-19-10-7-13-27-19)25(15-18-8-3-2-4-9-18)22(26)20-16-24-12-6-5-11-21(24)23-20/h2-13,16-17H,14-15H2,1H3/t17-/m0/s1. The first-order chi connectivity index (χ1) is 13.2. The molecule has 0 radical (unpaired) electrons. The molecule has 1 aromatic carbocycles. The van der Waals surface area contributed by atoms with Crippen LogP contribution >= 0.6 is 11.3 Å². The molecule has 3 heterocycles. The van der Waals surface area contributed by atoms with E-state index < -0.39 is 0 Å². The number of benzene rings is 1. The normalized spacial score (nSPS) is 12.2. The molecule has 1 atom stereocenters. The van der Waals surface area contributed by atoms with Gasteiger partial charge in [-0.2, -0.15) is 0 Å². The van der Waals surface area contributed by atoms with Crippen LogP contribution < -0.4 is 0 Å². The molecular formula is C22H21N3OS. The van der Waals surface area contributed by atoms with Crippen molar-refractivity contribution in [1.82, 2.24) is 14.3 Å². The molecule has 0 spiro atoms. The molecule has 0 bridgehead atoms. The van der Waals surface area contributed by atoms with Crippen LogP contribution in [0.5, 0.6) is 0 Å². The number of nitrogens with zero attached hydrogens (tertiary/aromatic N) is 3. The number of hydrogen-bond acceptors (Lipinski definition) is 3. The predicted octanol–water partition coefficient (Wildman–Crippen LogP) is 4.67. The number of fused-ring (bicyclic) bond motifs is 1. The molecule has 1 amide bonds. The predicted molar refractivity (Wildman–Crippen MR) is 109 cm³/mol. The monoisotopic (exact) mass is 375 g/mol. The van der Waals surface area contributed by atoms with Gasteiger partial charge in [0, 0.05) is 36.3 Å². The highest BCUT2D eigenvalue weighted by atomic mass is 32.1. The highest BCUT2D eigenvalue weighted by Gasteiger charge is 2.24. The molecule has 4 nitrogen and oxygen atoms in total. The van der Waals surface area contributed by atoms with E-state index in [1.54, 1.807) is 11.3 Å². The molecule has 0 N–H and O–H groups in total. The van der Waals surface area contributed by atoms with Gasteiger partial charge < -0.3 is 9.30 Å². The summed E-state index contributed by atoms with van der Waals surface area (Å²) in [5, 5.41) is 2.08. The van der Waals surface area contributed by atoms with E-state index in [2.05, 4.69) is 41.6 Å². The van der Waals surface area contributed by atoms with Crippen molar-refractivity contribution in [2.75, 3.05) is 0 Å². The Hall–Kier alpha value is -2.92. The van der Waals surface area contributed by atoms with E-state index in [9.17, 15) is 4.79 Å². The maximum Gasteiger partial charge on any atom is 0.274 e. The van der Waals surface area contributed by atoms with Crippen molar-refractivity contribution in [2.45, 2.75) is 25.9 Å². The van der Waals surface area contributed by atoms with E-state index in [4.69, 9.17) is 0 Å². The molecular weight excluding hydrogens is 354 g/mol. The third-order valence-corrected chi connectivity index (χ3v) is 5.55. The van der Waals surface area contributed by atoms with E-state index in [0.29, 0.717) is 12.2 Å². The highest BCUT2D eigenvalue weighted by Crippen LogP contribution is 2.19. The fourth-order valence-corrected chi connectivity index (χ4v) is 4.05. The van der Waals surface area contributed by atoms with Gasteiger partial charge in [0.05, 0.1) is 0 Å². The lowest BCUT2D eigenvalue weighted by atomic mass is 10.1. The van der Waals surface area contributed by atoms with Gasteiger partial charge in [0.2, 0.25) is 0 Å². The summed E-state index contributed by atoms with van der Waals surface area (Å²) in [6, 6.07) is 20.1. The van der Waals surface area contributed by atoms with Crippen LogP contribution in [0.4, 0.5) is 0 Å². The average molecular weight is 375 g/mol. The second kappa shape index (κ2) is 7.76. The summed E-state index contributed by atoms with van der Waals surface area (Å²) in [6.45, 7) is 2.68. The summed E-state index contributed by atoms with van der Waals surface area (Å²) in [5.74, 6) is -0.0355. The smallest absolute Gasteiger partial charge is 0.274 e. The molecule has 0 saturated carbocycles. The van der Waals surface area contributed by atoms with Gasteiger partial charge in [0.25, 0.3) is 5.91 Å². The minimum atomic E-state index is -0.0355. The highest BCUT2D eigenvalue weighted by molar-refractivity contribution is 7.09. The van der Waals surface area contributed by atoms with Crippen LogP contribution in [0.15, 0.2) is 78.4 Å². The van der Waals surface area contributed by atoms with Crippen molar-refractivity contribution >= 4 is 22.9 Å². The number of rotatable bonds is 6. The van der Waals surface area contributed by atoms with E-state index in [0.717, 1.165) is 17.6 Å². The fraction of sp³-hybridized carbons (Fsp3) is 0.182. The van der Waals surface area contributed by atoms with Crippen LogP contribution in [-0.4, -0.2) is 26.2 Å². The van der Waals surface area contributed by atoms with Crippen LogP contribution in [-0.2, 0) is 13.0 Å². The molecule has 0 unspecified atom stereocenters. The molecule has 0 aliphatic rings. The first-order valence-corrected chi connectivity index (χ1v) is 9.89. The van der Waals surface area contributed by atoms with Gasteiger partial charge in [-0.05, 0) is 36.1 Å². The summed E-state index contributed by atoms with van der Waals surface area (Å²) in [4.78, 5) is 21.1. The first kappa shape index (κ1) is 17.5. The quantitative estimate of drug-likeness (QED) is 0.491. The third-order valence-electron chi connectivity index (χ3n) is 4.65. The molecule has 5 heteroatoms. The SMILES string of the molecule is C[C@@H](Cc1cccs1)N(Cc1ccccc1)C(=O)c1cn2ccccc2n1. The van der Waals surface area contributed by atoms with Crippen molar-refractivity contribution in [3.63, 3.8) is 0 Å². The van der Waals surface area contributed by atoms with E-state index in [-0.39, 0.29) is 11.9 Å². The Kier molecular flexibility index (Phi) is 5.03. The maximum atomic E-state index is 13.3. The first-order valence-electron chi connectivity index (χ1n) is 9.02. The van der Waals surface area contributed by atoms with Gasteiger partial charge in [0.15, 0.2) is 0 Å². The Morgan fingerprint density at radius 1 is 1.11 bits per heavy atom. The molecule has 0 aliphatic heterocycles. The lowest BCUT2D eigenvalue weighted by Gasteiger charge is -2.28. The molecule has 4 aromatic rings. The molecule has 4 rings (SSSR count). The summed E-state index contributed by atoms with van der Waals surface area (Å²) in [5.41, 5.74) is 2.38. The number of hydrogen-bond donors (Lipinski definition) is 0. The number of carbonyl (C=O) groups excluding carboxylic acids is 1. The van der Waals surface area contributed by atoms with Gasteiger partial charge in [0.1, 0.15) is 11.3 Å². The maximum absolute atomic E-state index is 13.3. The number of amides is 1. The second-order valence-electron chi connectivity index (χ2n) is 6.64. The molecule has 0 aliphatic carbocycles. The van der Waals surface area contributed by atoms with E-state index in [1.165, 1.54) is 4.88 Å². The second-order valence-corrected chi connectivity index (χ2v) is 7.68. The van der Waals surface area contributed by atoms with Crippen molar-refractivity contribution in [3.05, 3.63) is 94.6 Å². The zero-order valence-corrected chi connectivity index (χ0v) is 16.0. The lowest BCUT2D eigenvalue weighted by Crippen LogP contribution is -2.39. The van der Waals surface area contributed by atoms with Gasteiger partial charge in [-0.25, -0.2) is 4.98 Å². The topological polar surface area (TPSA) is 37.6 Å². The van der Waals surface area contributed by atoms with Crippen molar-refractivity contribution in [1.29, 1.82) is 0 Å². The van der Waals surface area contributed by atoms with Crippen LogP contribution in [0.1, 0.15) is 27.9 Å². The summed E-state index contributed by atoms with van der Waals surface area (Å²) in [6.07, 6.45) is 4.56. The Balaban J connectivity index is 1.64. The van der Waals surface area contributed by atoms with Crippen LogP contribution in [0.3, 0.4) is 0 Å². The minimum absolute atomic E-state index is 0.0355. The zero-order chi connectivity index (χ0) is 18.6. The van der Waals surface area contributed by atoms with Crippen molar-refractivity contribution in [3.8, 4) is 0 Å². The number of carbonyl (C=O) groups is 1. The molecule has 27 heavy (non-hydrogen) atoms. The van der Waals surface area contributed by atoms with Gasteiger partial charge in [-0.3, -0.25) is 4.79 Å².